The first kappa shape index (κ1) is 20.0. The zero-order chi connectivity index (χ0) is 21.4. The number of carbonyl (C=O) groups is 1. The molecule has 0 radical (unpaired) electrons. The van der Waals surface area contributed by atoms with Gasteiger partial charge >= 0.3 is 5.69 Å². The van der Waals surface area contributed by atoms with Crippen molar-refractivity contribution in [3.8, 4) is 0 Å². The van der Waals surface area contributed by atoms with Crippen molar-refractivity contribution in [2.45, 2.75) is 24.8 Å². The lowest BCUT2D eigenvalue weighted by Gasteiger charge is -2.35. The Morgan fingerprint density at radius 1 is 1.13 bits per heavy atom. The van der Waals surface area contributed by atoms with Crippen molar-refractivity contribution in [3.63, 3.8) is 0 Å². The SMILES string of the molecule is Cn1c(=O)c2c(C3CCCN(C(=O)C(N)c4ccccc4)C3)ccnc2n(C)c1=O. The predicted molar refractivity (Wildman–Crippen MR) is 114 cm³/mol. The number of amides is 1. The van der Waals surface area contributed by atoms with Gasteiger partial charge in [-0.2, -0.15) is 0 Å². The van der Waals surface area contributed by atoms with E-state index in [0.29, 0.717) is 24.1 Å². The van der Waals surface area contributed by atoms with Crippen molar-refractivity contribution in [2.75, 3.05) is 13.1 Å². The molecule has 8 heteroatoms. The van der Waals surface area contributed by atoms with Gasteiger partial charge in [0.15, 0.2) is 0 Å². The lowest BCUT2D eigenvalue weighted by Crippen LogP contribution is -2.44. The Balaban J connectivity index is 1.69. The number of fused-ring (bicyclic) bond motifs is 1. The maximum Gasteiger partial charge on any atom is 0.332 e. The zero-order valence-electron chi connectivity index (χ0n) is 17.1. The largest absolute Gasteiger partial charge is 0.340 e. The van der Waals surface area contributed by atoms with Gasteiger partial charge in [-0.1, -0.05) is 30.3 Å². The van der Waals surface area contributed by atoms with Gasteiger partial charge in [-0.15, -0.1) is 0 Å². The predicted octanol–water partition coefficient (Wildman–Crippen LogP) is 1.04. The van der Waals surface area contributed by atoms with Gasteiger partial charge in [-0.05, 0) is 30.0 Å². The molecule has 1 aliphatic rings. The Labute approximate surface area is 173 Å². The molecular weight excluding hydrogens is 382 g/mol. The van der Waals surface area contributed by atoms with E-state index in [4.69, 9.17) is 5.73 Å². The van der Waals surface area contributed by atoms with E-state index < -0.39 is 11.7 Å². The van der Waals surface area contributed by atoms with E-state index in [-0.39, 0.29) is 17.4 Å². The highest BCUT2D eigenvalue weighted by atomic mass is 16.2. The molecule has 0 bridgehead atoms. The van der Waals surface area contributed by atoms with Gasteiger partial charge in [-0.3, -0.25) is 18.7 Å². The van der Waals surface area contributed by atoms with Crippen molar-refractivity contribution in [1.29, 1.82) is 0 Å². The molecule has 8 nitrogen and oxygen atoms in total. The Morgan fingerprint density at radius 2 is 1.87 bits per heavy atom. The third-order valence-electron chi connectivity index (χ3n) is 5.97. The summed E-state index contributed by atoms with van der Waals surface area (Å²) in [6, 6.07) is 10.4. The average Bonchev–Trinajstić information content (AvgIpc) is 2.80. The number of nitrogens with two attached hydrogens (primary N) is 1. The van der Waals surface area contributed by atoms with Crippen LogP contribution in [0.1, 0.15) is 35.9 Å². The van der Waals surface area contributed by atoms with Crippen LogP contribution < -0.4 is 17.0 Å². The molecule has 2 atom stereocenters. The van der Waals surface area contributed by atoms with E-state index in [0.717, 1.165) is 28.5 Å². The van der Waals surface area contributed by atoms with E-state index in [9.17, 15) is 14.4 Å². The van der Waals surface area contributed by atoms with Crippen LogP contribution in [0, 0.1) is 0 Å². The number of hydrogen-bond acceptors (Lipinski definition) is 5. The van der Waals surface area contributed by atoms with Gasteiger partial charge < -0.3 is 10.6 Å². The first-order chi connectivity index (χ1) is 14.4. The molecule has 3 aromatic rings. The van der Waals surface area contributed by atoms with Gasteiger partial charge in [0, 0.05) is 39.3 Å². The number of carbonyl (C=O) groups excluding carboxylic acids is 1. The van der Waals surface area contributed by atoms with Crippen molar-refractivity contribution < 1.29 is 4.79 Å². The van der Waals surface area contributed by atoms with E-state index in [1.165, 1.54) is 11.6 Å². The summed E-state index contributed by atoms with van der Waals surface area (Å²) in [7, 11) is 3.08. The van der Waals surface area contributed by atoms with Gasteiger partial charge in [-0.25, -0.2) is 9.78 Å². The minimum absolute atomic E-state index is 0.0265. The van der Waals surface area contributed by atoms with Gasteiger partial charge in [0.2, 0.25) is 5.91 Å². The van der Waals surface area contributed by atoms with Crippen LogP contribution in [-0.2, 0) is 18.9 Å². The summed E-state index contributed by atoms with van der Waals surface area (Å²) < 4.78 is 2.49. The molecule has 30 heavy (non-hydrogen) atoms. The molecule has 1 fully saturated rings. The number of aromatic nitrogens is 3. The quantitative estimate of drug-likeness (QED) is 0.699. The van der Waals surface area contributed by atoms with E-state index in [2.05, 4.69) is 4.98 Å². The van der Waals surface area contributed by atoms with Crippen LogP contribution in [0.25, 0.3) is 11.0 Å². The third kappa shape index (κ3) is 3.33. The summed E-state index contributed by atoms with van der Waals surface area (Å²) >= 11 is 0. The lowest BCUT2D eigenvalue weighted by molar-refractivity contribution is -0.134. The zero-order valence-corrected chi connectivity index (χ0v) is 17.1. The van der Waals surface area contributed by atoms with Crippen molar-refractivity contribution in [1.82, 2.24) is 19.0 Å². The number of hydrogen-bond donors (Lipinski definition) is 1. The first-order valence-electron chi connectivity index (χ1n) is 10.0. The molecule has 1 amide bonds. The highest BCUT2D eigenvalue weighted by Gasteiger charge is 2.30. The van der Waals surface area contributed by atoms with Crippen molar-refractivity contribution in [3.05, 3.63) is 74.6 Å². The monoisotopic (exact) mass is 407 g/mol. The molecule has 0 aliphatic carbocycles. The number of aryl methyl sites for hydroxylation is 1. The molecule has 1 aromatic carbocycles. The molecular formula is C22H25N5O3. The minimum atomic E-state index is -0.715. The van der Waals surface area contributed by atoms with E-state index in [1.807, 2.05) is 36.4 Å². The summed E-state index contributed by atoms with van der Waals surface area (Å²) in [5.41, 5.74) is 7.43. The Kier molecular flexibility index (Phi) is 5.26. The summed E-state index contributed by atoms with van der Waals surface area (Å²) in [5, 5.41) is 0.439. The minimum Gasteiger partial charge on any atom is -0.340 e. The second-order valence-electron chi connectivity index (χ2n) is 7.82. The van der Waals surface area contributed by atoms with Crippen molar-refractivity contribution in [2.24, 2.45) is 19.8 Å². The van der Waals surface area contributed by atoms with E-state index >= 15 is 0 Å². The van der Waals surface area contributed by atoms with Gasteiger partial charge in [0.25, 0.3) is 5.56 Å². The first-order valence-corrected chi connectivity index (χ1v) is 10.0. The Morgan fingerprint density at radius 3 is 2.60 bits per heavy atom. The van der Waals surface area contributed by atoms with Gasteiger partial charge in [0.05, 0.1) is 5.39 Å². The number of piperidine rings is 1. The summed E-state index contributed by atoms with van der Waals surface area (Å²) in [4.78, 5) is 44.2. The topological polar surface area (TPSA) is 103 Å². The molecule has 1 aliphatic heterocycles. The van der Waals surface area contributed by atoms with Crippen molar-refractivity contribution >= 4 is 16.9 Å². The lowest BCUT2D eigenvalue weighted by atomic mass is 9.89. The summed E-state index contributed by atoms with van der Waals surface area (Å²) in [6.07, 6.45) is 3.27. The smallest absolute Gasteiger partial charge is 0.332 e. The molecule has 2 unspecified atom stereocenters. The van der Waals surface area contributed by atoms with Crippen LogP contribution in [0.5, 0.6) is 0 Å². The van der Waals surface area contributed by atoms with Crippen LogP contribution >= 0.6 is 0 Å². The van der Waals surface area contributed by atoms with Crippen LogP contribution in [-0.4, -0.2) is 38.0 Å². The number of likely N-dealkylation sites (tertiary alicyclic amines) is 1. The maximum absolute atomic E-state index is 13.0. The molecule has 3 heterocycles. The fourth-order valence-corrected chi connectivity index (χ4v) is 4.28. The van der Waals surface area contributed by atoms with Crippen LogP contribution in [0.2, 0.25) is 0 Å². The molecule has 2 N–H and O–H groups in total. The number of nitrogens with zero attached hydrogens (tertiary/aromatic N) is 4. The Bertz CT molecular complexity index is 1220. The molecule has 4 rings (SSSR count). The highest BCUT2D eigenvalue weighted by Crippen LogP contribution is 2.30. The average molecular weight is 407 g/mol. The fourth-order valence-electron chi connectivity index (χ4n) is 4.28. The normalized spacial score (nSPS) is 17.8. The van der Waals surface area contributed by atoms with Crippen LogP contribution in [0.4, 0.5) is 0 Å². The van der Waals surface area contributed by atoms with Crippen LogP contribution in [0.15, 0.2) is 52.2 Å². The highest BCUT2D eigenvalue weighted by molar-refractivity contribution is 5.83. The number of pyridine rings is 1. The third-order valence-corrected chi connectivity index (χ3v) is 5.97. The van der Waals surface area contributed by atoms with E-state index in [1.54, 1.807) is 18.1 Å². The van der Waals surface area contributed by atoms with Crippen LogP contribution in [0.3, 0.4) is 0 Å². The number of rotatable bonds is 3. The summed E-state index contributed by atoms with van der Waals surface area (Å²) in [5.74, 6) is -0.147. The fraction of sp³-hybridized carbons (Fsp3) is 0.364. The molecule has 1 saturated heterocycles. The second-order valence-corrected chi connectivity index (χ2v) is 7.82. The molecule has 0 saturated carbocycles. The Hall–Kier alpha value is -3.26. The second kappa shape index (κ2) is 7.87. The standard InChI is InChI=1S/C22H25N5O3/c1-25-19-17(20(28)26(2)22(25)30)16(10-11-24-19)15-9-6-12-27(13-15)21(29)18(23)14-7-4-3-5-8-14/h3-5,7-8,10-11,15,18H,6,9,12-13,23H2,1-2H3. The van der Waals surface area contributed by atoms with Gasteiger partial charge in [0.1, 0.15) is 11.7 Å². The molecule has 0 spiro atoms. The number of benzene rings is 1. The summed E-state index contributed by atoms with van der Waals surface area (Å²) in [6.45, 7) is 1.11. The molecule has 2 aromatic heterocycles. The maximum atomic E-state index is 13.0. The molecule has 156 valence electrons.